The van der Waals surface area contributed by atoms with E-state index in [1.807, 2.05) is 24.3 Å². The largest absolute Gasteiger partial charge is 0.369 e. The summed E-state index contributed by atoms with van der Waals surface area (Å²) in [5.74, 6) is -0.340. The van der Waals surface area contributed by atoms with Crippen LogP contribution >= 0.6 is 11.6 Å². The predicted molar refractivity (Wildman–Crippen MR) is 96.9 cm³/mol. The average Bonchev–Trinajstić information content (AvgIpc) is 2.54. The highest BCUT2D eigenvalue weighted by Crippen LogP contribution is 2.21. The van der Waals surface area contributed by atoms with Crippen LogP contribution in [0.5, 0.6) is 0 Å². The smallest absolute Gasteiger partial charge is 0.222 e. The van der Waals surface area contributed by atoms with Gasteiger partial charge < -0.3 is 10.2 Å². The lowest BCUT2D eigenvalue weighted by molar-refractivity contribution is -0.123. The lowest BCUT2D eigenvalue weighted by Gasteiger charge is -2.35. The summed E-state index contributed by atoms with van der Waals surface area (Å²) >= 11 is 6.00. The molecule has 0 aliphatic carbocycles. The van der Waals surface area contributed by atoms with Crippen molar-refractivity contribution in [3.63, 3.8) is 0 Å². The minimum absolute atomic E-state index is 0.0668. The number of nitrogens with one attached hydrogen (secondary N) is 1. The van der Waals surface area contributed by atoms with E-state index in [0.29, 0.717) is 31.2 Å². The molecule has 8 heteroatoms. The van der Waals surface area contributed by atoms with Crippen molar-refractivity contribution >= 4 is 33.2 Å². The molecule has 0 radical (unpaired) electrons. The number of benzene rings is 1. The zero-order valence-electron chi connectivity index (χ0n) is 14.0. The van der Waals surface area contributed by atoms with Crippen LogP contribution < -0.4 is 10.2 Å². The molecule has 0 spiro atoms. The third kappa shape index (κ3) is 5.09. The minimum atomic E-state index is -3.35. The van der Waals surface area contributed by atoms with Crippen LogP contribution in [0, 0.1) is 5.92 Å². The van der Waals surface area contributed by atoms with Crippen LogP contribution in [-0.4, -0.2) is 57.1 Å². The first-order valence-corrected chi connectivity index (χ1v) is 10.0. The van der Waals surface area contributed by atoms with Crippen LogP contribution in [0.2, 0.25) is 5.02 Å². The molecule has 1 amide bonds. The molecule has 1 fully saturated rings. The fourth-order valence-corrected chi connectivity index (χ4v) is 4.06. The van der Waals surface area contributed by atoms with E-state index >= 15 is 0 Å². The molecule has 134 valence electrons. The highest BCUT2D eigenvalue weighted by Gasteiger charge is 2.27. The van der Waals surface area contributed by atoms with Gasteiger partial charge in [-0.15, -0.1) is 0 Å². The number of halogens is 1. The van der Waals surface area contributed by atoms with Crippen molar-refractivity contribution in [1.29, 1.82) is 0 Å². The molecule has 0 atom stereocenters. The fourth-order valence-electron chi connectivity index (χ4n) is 2.53. The van der Waals surface area contributed by atoms with Gasteiger partial charge in [-0.25, -0.2) is 8.42 Å². The number of hydrogen-bond donors (Lipinski definition) is 1. The number of carbonyl (C=O) groups excluding carboxylic acids is 1. The Hall–Kier alpha value is -1.31. The molecule has 0 saturated carbocycles. The van der Waals surface area contributed by atoms with Gasteiger partial charge in [0.25, 0.3) is 0 Å². The Kier molecular flexibility index (Phi) is 6.48. The number of amides is 1. The van der Waals surface area contributed by atoms with Gasteiger partial charge in [-0.1, -0.05) is 31.5 Å². The van der Waals surface area contributed by atoms with Crippen molar-refractivity contribution in [2.24, 2.45) is 5.92 Å². The summed E-state index contributed by atoms with van der Waals surface area (Å²) in [6, 6.07) is 7.56. The summed E-state index contributed by atoms with van der Waals surface area (Å²) in [7, 11) is -3.35. The molecule has 0 unspecified atom stereocenters. The number of piperazine rings is 1. The highest BCUT2D eigenvalue weighted by molar-refractivity contribution is 7.89. The Morgan fingerprint density at radius 2 is 1.92 bits per heavy atom. The molecule has 1 aromatic carbocycles. The van der Waals surface area contributed by atoms with Gasteiger partial charge in [0, 0.05) is 49.4 Å². The Morgan fingerprint density at radius 3 is 2.50 bits per heavy atom. The maximum absolute atomic E-state index is 12.4. The summed E-state index contributed by atoms with van der Waals surface area (Å²) in [5, 5.41) is 3.32. The Balaban J connectivity index is 1.85. The van der Waals surface area contributed by atoms with Crippen molar-refractivity contribution in [1.82, 2.24) is 9.62 Å². The molecule has 0 aromatic heterocycles. The van der Waals surface area contributed by atoms with Gasteiger partial charge in [-0.3, -0.25) is 4.79 Å². The molecular formula is C16H24ClN3O3S. The van der Waals surface area contributed by atoms with Crippen LogP contribution in [-0.2, 0) is 14.8 Å². The lowest BCUT2D eigenvalue weighted by Crippen LogP contribution is -2.50. The van der Waals surface area contributed by atoms with E-state index in [-0.39, 0.29) is 24.1 Å². The zero-order chi connectivity index (χ0) is 17.7. The van der Waals surface area contributed by atoms with Gasteiger partial charge in [0.05, 0.1) is 5.75 Å². The molecule has 24 heavy (non-hydrogen) atoms. The van der Waals surface area contributed by atoms with Crippen LogP contribution in [0.4, 0.5) is 5.69 Å². The van der Waals surface area contributed by atoms with Crippen molar-refractivity contribution in [2.45, 2.75) is 13.8 Å². The van der Waals surface area contributed by atoms with Gasteiger partial charge in [0.2, 0.25) is 15.9 Å². The number of carbonyl (C=O) groups is 1. The van der Waals surface area contributed by atoms with Gasteiger partial charge in [-0.2, -0.15) is 4.31 Å². The molecular weight excluding hydrogens is 350 g/mol. The van der Waals surface area contributed by atoms with Crippen LogP contribution in [0.1, 0.15) is 13.8 Å². The number of hydrogen-bond acceptors (Lipinski definition) is 4. The number of rotatable bonds is 6. The van der Waals surface area contributed by atoms with Gasteiger partial charge in [0.15, 0.2) is 0 Å². The van der Waals surface area contributed by atoms with Gasteiger partial charge >= 0.3 is 0 Å². The standard InChI is InChI=1S/C16H24ClN3O3S/c1-13(2)16(21)18-6-11-24(22,23)20-9-7-19(8-10-20)15-5-3-4-14(17)12-15/h3-5,12-13H,6-11H2,1-2H3,(H,18,21). The number of anilines is 1. The fraction of sp³-hybridized carbons (Fsp3) is 0.562. The number of nitrogens with zero attached hydrogens (tertiary/aromatic N) is 2. The molecule has 0 bridgehead atoms. The predicted octanol–water partition coefficient (Wildman–Crippen LogP) is 1.56. The van der Waals surface area contributed by atoms with E-state index < -0.39 is 10.0 Å². The Bertz CT molecular complexity index is 671. The highest BCUT2D eigenvalue weighted by atomic mass is 35.5. The average molecular weight is 374 g/mol. The molecule has 1 aliphatic rings. The Labute approximate surface area is 148 Å². The van der Waals surface area contributed by atoms with Crippen molar-refractivity contribution in [2.75, 3.05) is 43.4 Å². The lowest BCUT2D eigenvalue weighted by atomic mass is 10.2. The second-order valence-electron chi connectivity index (χ2n) is 6.13. The maximum Gasteiger partial charge on any atom is 0.222 e. The topological polar surface area (TPSA) is 69.7 Å². The van der Waals surface area contributed by atoms with E-state index in [1.54, 1.807) is 13.8 Å². The first-order valence-electron chi connectivity index (χ1n) is 8.05. The first-order chi connectivity index (χ1) is 11.3. The van der Waals surface area contributed by atoms with Crippen LogP contribution in [0.15, 0.2) is 24.3 Å². The second-order valence-corrected chi connectivity index (χ2v) is 8.65. The van der Waals surface area contributed by atoms with E-state index in [4.69, 9.17) is 11.6 Å². The van der Waals surface area contributed by atoms with Gasteiger partial charge in [-0.05, 0) is 18.2 Å². The minimum Gasteiger partial charge on any atom is -0.369 e. The third-order valence-corrected chi connectivity index (χ3v) is 6.10. The zero-order valence-corrected chi connectivity index (χ0v) is 15.6. The molecule has 6 nitrogen and oxygen atoms in total. The van der Waals surface area contributed by atoms with Gasteiger partial charge in [0.1, 0.15) is 0 Å². The van der Waals surface area contributed by atoms with Crippen molar-refractivity contribution in [3.8, 4) is 0 Å². The summed E-state index contributed by atoms with van der Waals surface area (Å²) in [4.78, 5) is 13.6. The van der Waals surface area contributed by atoms with Crippen LogP contribution in [0.25, 0.3) is 0 Å². The molecule has 1 heterocycles. The summed E-state index contributed by atoms with van der Waals surface area (Å²) in [5.41, 5.74) is 1.00. The number of sulfonamides is 1. The first kappa shape index (κ1) is 19.0. The molecule has 1 aliphatic heterocycles. The second kappa shape index (κ2) is 8.18. The van der Waals surface area contributed by atoms with Crippen molar-refractivity contribution in [3.05, 3.63) is 29.3 Å². The van der Waals surface area contributed by atoms with Crippen LogP contribution in [0.3, 0.4) is 0 Å². The quantitative estimate of drug-likeness (QED) is 0.821. The summed E-state index contributed by atoms with van der Waals surface area (Å²) < 4.78 is 26.2. The molecule has 1 aromatic rings. The molecule has 1 saturated heterocycles. The van der Waals surface area contributed by atoms with E-state index in [0.717, 1.165) is 5.69 Å². The Morgan fingerprint density at radius 1 is 1.25 bits per heavy atom. The summed E-state index contributed by atoms with van der Waals surface area (Å²) in [6.07, 6.45) is 0. The van der Waals surface area contributed by atoms with E-state index in [2.05, 4.69) is 10.2 Å². The monoisotopic (exact) mass is 373 g/mol. The summed E-state index contributed by atoms with van der Waals surface area (Å²) in [6.45, 7) is 5.82. The van der Waals surface area contributed by atoms with Crippen molar-refractivity contribution < 1.29 is 13.2 Å². The van der Waals surface area contributed by atoms with E-state index in [1.165, 1.54) is 4.31 Å². The third-order valence-electron chi connectivity index (χ3n) is 3.99. The van der Waals surface area contributed by atoms with E-state index in [9.17, 15) is 13.2 Å². The molecule has 1 N–H and O–H groups in total. The maximum atomic E-state index is 12.4. The normalized spacial score (nSPS) is 16.4. The molecule has 2 rings (SSSR count). The SMILES string of the molecule is CC(C)C(=O)NCCS(=O)(=O)N1CCN(c2cccc(Cl)c2)CC1.